The van der Waals surface area contributed by atoms with Gasteiger partial charge in [-0.25, -0.2) is 0 Å². The van der Waals surface area contributed by atoms with Gasteiger partial charge in [0.1, 0.15) is 11.9 Å². The van der Waals surface area contributed by atoms with Crippen LogP contribution in [0.5, 0.6) is 5.75 Å². The number of hydrogen-bond donors (Lipinski definition) is 1. The Morgan fingerprint density at radius 1 is 1.35 bits per heavy atom. The molecule has 2 aliphatic rings. The van der Waals surface area contributed by atoms with Crippen LogP contribution in [0.25, 0.3) is 0 Å². The maximum Gasteiger partial charge on any atom is 0.123 e. The molecule has 1 N–H and O–H groups in total. The number of hydrogen-bond acceptors (Lipinski definition) is 2. The molecule has 0 amide bonds. The molecule has 1 atom stereocenters. The van der Waals surface area contributed by atoms with Crippen LogP contribution in [-0.4, -0.2) is 25.1 Å². The number of alkyl halides is 1. The Morgan fingerprint density at radius 3 is 2.90 bits per heavy atom. The Kier molecular flexibility index (Phi) is 4.23. The van der Waals surface area contributed by atoms with E-state index in [1.807, 2.05) is 0 Å². The van der Waals surface area contributed by atoms with E-state index in [1.165, 1.54) is 36.8 Å². The van der Waals surface area contributed by atoms with Gasteiger partial charge in [-0.05, 0) is 36.8 Å². The van der Waals surface area contributed by atoms with Crippen LogP contribution in [0.1, 0.15) is 36.8 Å². The summed E-state index contributed by atoms with van der Waals surface area (Å²) < 4.78 is 6.00. The fraction of sp³-hybridized carbons (Fsp3) is 0.647. The van der Waals surface area contributed by atoms with E-state index in [0.29, 0.717) is 5.41 Å². The second kappa shape index (κ2) is 5.95. The van der Waals surface area contributed by atoms with Crippen molar-refractivity contribution in [1.82, 2.24) is 5.32 Å². The van der Waals surface area contributed by atoms with Crippen molar-refractivity contribution in [2.45, 2.75) is 45.1 Å². The van der Waals surface area contributed by atoms with E-state index >= 15 is 0 Å². The lowest BCUT2D eigenvalue weighted by atomic mass is 9.88. The van der Waals surface area contributed by atoms with Gasteiger partial charge >= 0.3 is 0 Å². The van der Waals surface area contributed by atoms with E-state index < -0.39 is 0 Å². The van der Waals surface area contributed by atoms with Gasteiger partial charge in [0.05, 0.1) is 0 Å². The van der Waals surface area contributed by atoms with Crippen LogP contribution in [0.15, 0.2) is 18.2 Å². The first-order chi connectivity index (χ1) is 9.71. The standard InChI is InChI=1S/C17H24ClNO/c1-13-4-5-16-14(8-13)9-15(20-16)10-19-12-17(11-18)6-2-3-7-17/h4-5,8,15,19H,2-3,6-7,9-12H2,1H3. The first-order valence-corrected chi connectivity index (χ1v) is 8.27. The molecule has 3 heteroatoms. The third-order valence-corrected chi connectivity index (χ3v) is 5.34. The van der Waals surface area contributed by atoms with Gasteiger partial charge in [-0.1, -0.05) is 30.5 Å². The molecule has 1 heterocycles. The maximum absolute atomic E-state index is 6.18. The zero-order valence-corrected chi connectivity index (χ0v) is 13.0. The number of rotatable bonds is 5. The van der Waals surface area contributed by atoms with Crippen molar-refractivity contribution >= 4 is 11.6 Å². The van der Waals surface area contributed by atoms with Crippen molar-refractivity contribution in [3.05, 3.63) is 29.3 Å². The minimum absolute atomic E-state index is 0.278. The van der Waals surface area contributed by atoms with Gasteiger partial charge in [-0.3, -0.25) is 0 Å². The lowest BCUT2D eigenvalue weighted by Gasteiger charge is -2.27. The highest BCUT2D eigenvalue weighted by Gasteiger charge is 2.33. The van der Waals surface area contributed by atoms with Gasteiger partial charge in [-0.2, -0.15) is 0 Å². The molecule has 1 aliphatic heterocycles. The molecule has 1 aromatic rings. The Hall–Kier alpha value is -0.730. The molecule has 1 aromatic carbocycles. The van der Waals surface area contributed by atoms with Gasteiger partial charge in [0.2, 0.25) is 0 Å². The monoisotopic (exact) mass is 293 g/mol. The van der Waals surface area contributed by atoms with Gasteiger partial charge < -0.3 is 10.1 Å². The molecule has 20 heavy (non-hydrogen) atoms. The molecule has 3 rings (SSSR count). The number of nitrogens with one attached hydrogen (secondary N) is 1. The molecule has 0 bridgehead atoms. The summed E-state index contributed by atoms with van der Waals surface area (Å²) in [5.74, 6) is 1.85. The second-order valence-corrected chi connectivity index (χ2v) is 6.79. The summed E-state index contributed by atoms with van der Waals surface area (Å²) >= 11 is 6.18. The molecule has 1 fully saturated rings. The van der Waals surface area contributed by atoms with Gasteiger partial charge in [-0.15, -0.1) is 11.6 Å². The summed E-state index contributed by atoms with van der Waals surface area (Å²) in [5.41, 5.74) is 3.00. The predicted molar refractivity (Wildman–Crippen MR) is 83.8 cm³/mol. The first-order valence-electron chi connectivity index (χ1n) is 7.74. The fourth-order valence-electron chi connectivity index (χ4n) is 3.54. The summed E-state index contributed by atoms with van der Waals surface area (Å²) in [6.45, 7) is 4.09. The zero-order chi connectivity index (χ0) is 14.0. The molecule has 110 valence electrons. The van der Waals surface area contributed by atoms with Crippen molar-refractivity contribution in [1.29, 1.82) is 0 Å². The van der Waals surface area contributed by atoms with E-state index in [2.05, 4.69) is 30.4 Å². The van der Waals surface area contributed by atoms with Crippen molar-refractivity contribution in [3.63, 3.8) is 0 Å². The van der Waals surface area contributed by atoms with Crippen LogP contribution >= 0.6 is 11.6 Å². The molecule has 0 radical (unpaired) electrons. The quantitative estimate of drug-likeness (QED) is 0.836. The molecule has 0 spiro atoms. The third kappa shape index (κ3) is 2.96. The van der Waals surface area contributed by atoms with Crippen LogP contribution in [0, 0.1) is 12.3 Å². The Morgan fingerprint density at radius 2 is 2.15 bits per heavy atom. The van der Waals surface area contributed by atoms with Crippen LogP contribution in [-0.2, 0) is 6.42 Å². The highest BCUT2D eigenvalue weighted by atomic mass is 35.5. The largest absolute Gasteiger partial charge is 0.488 e. The third-order valence-electron chi connectivity index (χ3n) is 4.78. The van der Waals surface area contributed by atoms with Gasteiger partial charge in [0.25, 0.3) is 0 Å². The molecule has 1 saturated carbocycles. The summed E-state index contributed by atoms with van der Waals surface area (Å²) in [6, 6.07) is 6.46. The number of aryl methyl sites for hydroxylation is 1. The SMILES string of the molecule is Cc1ccc2c(c1)CC(CNCC1(CCl)CCCC1)O2. The van der Waals surface area contributed by atoms with E-state index in [0.717, 1.165) is 31.1 Å². The minimum Gasteiger partial charge on any atom is -0.488 e. The molecule has 0 saturated heterocycles. The Balaban J connectivity index is 1.49. The van der Waals surface area contributed by atoms with Crippen LogP contribution in [0.4, 0.5) is 0 Å². The first kappa shape index (κ1) is 14.2. The summed E-state index contributed by atoms with van der Waals surface area (Å²) in [6.07, 6.45) is 6.51. The number of ether oxygens (including phenoxy) is 1. The summed E-state index contributed by atoms with van der Waals surface area (Å²) in [7, 11) is 0. The van der Waals surface area contributed by atoms with Crippen LogP contribution in [0.3, 0.4) is 0 Å². The molecule has 0 aromatic heterocycles. The topological polar surface area (TPSA) is 21.3 Å². The van der Waals surface area contributed by atoms with Crippen molar-refractivity contribution in [2.75, 3.05) is 19.0 Å². The number of benzene rings is 1. The highest BCUT2D eigenvalue weighted by Crippen LogP contribution is 2.38. The van der Waals surface area contributed by atoms with Gasteiger partial charge in [0, 0.05) is 25.4 Å². The molecule has 2 nitrogen and oxygen atoms in total. The van der Waals surface area contributed by atoms with Crippen molar-refractivity contribution in [3.8, 4) is 5.75 Å². The molecular formula is C17H24ClNO. The van der Waals surface area contributed by atoms with Crippen molar-refractivity contribution < 1.29 is 4.74 Å². The highest BCUT2D eigenvalue weighted by molar-refractivity contribution is 6.18. The Labute approximate surface area is 126 Å². The normalized spacial score (nSPS) is 23.6. The van der Waals surface area contributed by atoms with Gasteiger partial charge in [0.15, 0.2) is 0 Å². The molecular weight excluding hydrogens is 270 g/mol. The van der Waals surface area contributed by atoms with Crippen LogP contribution < -0.4 is 10.1 Å². The fourth-order valence-corrected chi connectivity index (χ4v) is 3.91. The minimum atomic E-state index is 0.278. The van der Waals surface area contributed by atoms with E-state index in [-0.39, 0.29) is 6.10 Å². The molecule has 1 unspecified atom stereocenters. The number of fused-ring (bicyclic) bond motifs is 1. The lowest BCUT2D eigenvalue weighted by molar-refractivity contribution is 0.215. The maximum atomic E-state index is 6.18. The van der Waals surface area contributed by atoms with E-state index in [9.17, 15) is 0 Å². The second-order valence-electron chi connectivity index (χ2n) is 6.53. The van der Waals surface area contributed by atoms with E-state index in [4.69, 9.17) is 16.3 Å². The van der Waals surface area contributed by atoms with Crippen LogP contribution in [0.2, 0.25) is 0 Å². The zero-order valence-electron chi connectivity index (χ0n) is 12.3. The summed E-state index contributed by atoms with van der Waals surface area (Å²) in [5, 5.41) is 3.60. The lowest BCUT2D eigenvalue weighted by Crippen LogP contribution is -2.38. The smallest absolute Gasteiger partial charge is 0.123 e. The van der Waals surface area contributed by atoms with E-state index in [1.54, 1.807) is 0 Å². The Bertz CT molecular complexity index is 468. The number of halogens is 1. The van der Waals surface area contributed by atoms with Crippen molar-refractivity contribution in [2.24, 2.45) is 5.41 Å². The average Bonchev–Trinajstić information content (AvgIpc) is 3.05. The average molecular weight is 294 g/mol. The predicted octanol–water partition coefficient (Wildman–Crippen LogP) is 3.69. The molecule has 1 aliphatic carbocycles. The summed E-state index contributed by atoms with van der Waals surface area (Å²) in [4.78, 5) is 0.